The molecule has 0 bridgehead atoms. The molecule has 0 radical (unpaired) electrons. The van der Waals surface area contributed by atoms with Crippen LogP contribution in [0.4, 0.5) is 10.8 Å². The molecular formula is C12H11ClN2O2S. The van der Waals surface area contributed by atoms with Gasteiger partial charge in [0.2, 0.25) is 0 Å². The zero-order chi connectivity index (χ0) is 13.3. The van der Waals surface area contributed by atoms with Gasteiger partial charge in [0.15, 0.2) is 10.8 Å². The molecule has 0 saturated carbocycles. The highest BCUT2D eigenvalue weighted by Crippen LogP contribution is 2.28. The summed E-state index contributed by atoms with van der Waals surface area (Å²) in [4.78, 5) is 15.6. The van der Waals surface area contributed by atoms with Gasteiger partial charge in [-0.15, -0.1) is 11.3 Å². The fourth-order valence-corrected chi connectivity index (χ4v) is 2.48. The number of thiazole rings is 1. The van der Waals surface area contributed by atoms with E-state index < -0.39 is 5.97 Å². The van der Waals surface area contributed by atoms with Crippen molar-refractivity contribution in [2.75, 3.05) is 5.32 Å². The number of carboxylic acids is 1. The van der Waals surface area contributed by atoms with Crippen LogP contribution >= 0.6 is 22.9 Å². The quantitative estimate of drug-likeness (QED) is 0.897. The molecule has 0 aliphatic heterocycles. The summed E-state index contributed by atoms with van der Waals surface area (Å²) in [6.45, 7) is 3.67. The van der Waals surface area contributed by atoms with Crippen molar-refractivity contribution in [2.45, 2.75) is 13.8 Å². The Morgan fingerprint density at radius 3 is 2.78 bits per heavy atom. The number of nitrogens with one attached hydrogen (secondary N) is 1. The number of hydrogen-bond acceptors (Lipinski definition) is 4. The highest BCUT2D eigenvalue weighted by molar-refractivity contribution is 7.15. The van der Waals surface area contributed by atoms with Crippen LogP contribution in [0.15, 0.2) is 18.2 Å². The number of benzene rings is 1. The fourth-order valence-electron chi connectivity index (χ4n) is 1.49. The Hall–Kier alpha value is -1.59. The third-order valence-corrected chi connectivity index (χ3v) is 3.56. The average molecular weight is 283 g/mol. The van der Waals surface area contributed by atoms with E-state index in [1.807, 2.05) is 13.0 Å². The summed E-state index contributed by atoms with van der Waals surface area (Å²) < 4.78 is 0. The van der Waals surface area contributed by atoms with Crippen LogP contribution < -0.4 is 5.32 Å². The molecule has 0 unspecified atom stereocenters. The molecule has 6 heteroatoms. The van der Waals surface area contributed by atoms with Crippen LogP contribution in [0.5, 0.6) is 0 Å². The molecule has 4 nitrogen and oxygen atoms in total. The first kappa shape index (κ1) is 12.9. The van der Waals surface area contributed by atoms with E-state index in [1.54, 1.807) is 19.1 Å². The molecule has 0 atom stereocenters. The number of halogens is 1. The normalized spacial score (nSPS) is 10.4. The number of aromatic nitrogens is 1. The third-order valence-electron chi connectivity index (χ3n) is 2.44. The van der Waals surface area contributed by atoms with Gasteiger partial charge in [-0.25, -0.2) is 9.78 Å². The van der Waals surface area contributed by atoms with Crippen molar-refractivity contribution < 1.29 is 9.90 Å². The van der Waals surface area contributed by atoms with Gasteiger partial charge in [0.05, 0.1) is 0 Å². The lowest BCUT2D eigenvalue weighted by atomic mass is 10.2. The molecule has 2 aromatic rings. The van der Waals surface area contributed by atoms with E-state index in [0.717, 1.165) is 11.3 Å². The van der Waals surface area contributed by atoms with Crippen molar-refractivity contribution in [3.8, 4) is 0 Å². The molecule has 94 valence electrons. The van der Waals surface area contributed by atoms with Gasteiger partial charge in [0, 0.05) is 15.6 Å². The Bertz CT molecular complexity index is 610. The molecule has 1 aromatic carbocycles. The van der Waals surface area contributed by atoms with Crippen molar-refractivity contribution >= 4 is 39.7 Å². The second kappa shape index (κ2) is 4.96. The molecule has 0 amide bonds. The van der Waals surface area contributed by atoms with Gasteiger partial charge < -0.3 is 10.4 Å². The van der Waals surface area contributed by atoms with Gasteiger partial charge in [-0.3, -0.25) is 0 Å². The summed E-state index contributed by atoms with van der Waals surface area (Å²) in [5, 5.41) is 13.2. The lowest BCUT2D eigenvalue weighted by molar-refractivity contribution is 0.0690. The van der Waals surface area contributed by atoms with Crippen LogP contribution in [0.25, 0.3) is 0 Å². The zero-order valence-electron chi connectivity index (χ0n) is 9.82. The number of aryl methyl sites for hydroxylation is 2. The first-order valence-corrected chi connectivity index (χ1v) is 6.40. The maximum atomic E-state index is 10.9. The number of carbonyl (C=O) groups is 1. The highest BCUT2D eigenvalue weighted by Gasteiger charge is 2.14. The number of anilines is 2. The molecule has 1 heterocycles. The molecule has 0 saturated heterocycles. The summed E-state index contributed by atoms with van der Waals surface area (Å²) >= 11 is 7.22. The Morgan fingerprint density at radius 1 is 1.44 bits per heavy atom. The molecule has 2 rings (SSSR count). The second-order valence-corrected chi connectivity index (χ2v) is 5.45. The molecule has 0 aliphatic rings. The monoisotopic (exact) mass is 282 g/mol. The van der Waals surface area contributed by atoms with Crippen molar-refractivity contribution in [3.63, 3.8) is 0 Å². The van der Waals surface area contributed by atoms with Gasteiger partial charge in [-0.2, -0.15) is 0 Å². The number of rotatable bonds is 3. The second-order valence-electron chi connectivity index (χ2n) is 3.81. The van der Waals surface area contributed by atoms with E-state index in [-0.39, 0.29) is 5.69 Å². The highest BCUT2D eigenvalue weighted by atomic mass is 35.5. The zero-order valence-corrected chi connectivity index (χ0v) is 11.4. The van der Waals surface area contributed by atoms with Crippen molar-refractivity contribution in [2.24, 2.45) is 0 Å². The standard InChI is InChI=1S/C12H11ClN2O2S/c1-6-3-4-8(13)5-9(6)14-12-15-10(11(16)17)7(2)18-12/h3-5H,1-2H3,(H,14,15)(H,16,17). The SMILES string of the molecule is Cc1ccc(Cl)cc1Nc1nc(C(=O)O)c(C)s1. The predicted octanol–water partition coefficient (Wildman–Crippen LogP) is 3.86. The molecule has 18 heavy (non-hydrogen) atoms. The number of aromatic carboxylic acids is 1. The van der Waals surface area contributed by atoms with Crippen LogP contribution in [-0.2, 0) is 0 Å². The first-order chi connectivity index (χ1) is 8.47. The molecule has 0 fully saturated rings. The third kappa shape index (κ3) is 2.63. The molecule has 2 N–H and O–H groups in total. The van der Waals surface area contributed by atoms with Crippen LogP contribution in [0, 0.1) is 13.8 Å². The van der Waals surface area contributed by atoms with Crippen molar-refractivity contribution in [1.29, 1.82) is 0 Å². The lowest BCUT2D eigenvalue weighted by Crippen LogP contribution is -1.99. The van der Waals surface area contributed by atoms with E-state index in [9.17, 15) is 4.79 Å². The maximum absolute atomic E-state index is 10.9. The van der Waals surface area contributed by atoms with Crippen LogP contribution in [0.2, 0.25) is 5.02 Å². The number of hydrogen-bond donors (Lipinski definition) is 2. The van der Waals surface area contributed by atoms with E-state index in [0.29, 0.717) is 15.0 Å². The van der Waals surface area contributed by atoms with Crippen LogP contribution in [0.3, 0.4) is 0 Å². The average Bonchev–Trinajstić information content (AvgIpc) is 2.65. The Balaban J connectivity index is 2.31. The van der Waals surface area contributed by atoms with Gasteiger partial charge in [0.25, 0.3) is 0 Å². The topological polar surface area (TPSA) is 62.2 Å². The maximum Gasteiger partial charge on any atom is 0.355 e. The Morgan fingerprint density at radius 2 is 2.17 bits per heavy atom. The van der Waals surface area contributed by atoms with E-state index in [4.69, 9.17) is 16.7 Å². The number of carboxylic acid groups (broad SMARTS) is 1. The van der Waals surface area contributed by atoms with Crippen LogP contribution in [0.1, 0.15) is 20.9 Å². The van der Waals surface area contributed by atoms with E-state index >= 15 is 0 Å². The van der Waals surface area contributed by atoms with Gasteiger partial charge >= 0.3 is 5.97 Å². The van der Waals surface area contributed by atoms with Crippen LogP contribution in [-0.4, -0.2) is 16.1 Å². The van der Waals surface area contributed by atoms with Crippen molar-refractivity contribution in [3.05, 3.63) is 39.4 Å². The van der Waals surface area contributed by atoms with E-state index in [2.05, 4.69) is 10.3 Å². The molecule has 0 aliphatic carbocycles. The summed E-state index contributed by atoms with van der Waals surface area (Å²) in [7, 11) is 0. The molecule has 0 spiro atoms. The Labute approximate surface area is 113 Å². The minimum Gasteiger partial charge on any atom is -0.476 e. The van der Waals surface area contributed by atoms with Gasteiger partial charge in [-0.05, 0) is 31.5 Å². The molecule has 1 aromatic heterocycles. The minimum absolute atomic E-state index is 0.0854. The number of nitrogens with zero attached hydrogens (tertiary/aromatic N) is 1. The predicted molar refractivity (Wildman–Crippen MR) is 73.3 cm³/mol. The smallest absolute Gasteiger partial charge is 0.355 e. The largest absolute Gasteiger partial charge is 0.476 e. The fraction of sp³-hybridized carbons (Fsp3) is 0.167. The summed E-state index contributed by atoms with van der Waals surface area (Å²) in [6.07, 6.45) is 0. The summed E-state index contributed by atoms with van der Waals surface area (Å²) in [5.74, 6) is -1.01. The van der Waals surface area contributed by atoms with E-state index in [1.165, 1.54) is 11.3 Å². The Kier molecular flexibility index (Phi) is 3.54. The minimum atomic E-state index is -1.01. The summed E-state index contributed by atoms with van der Waals surface area (Å²) in [5.41, 5.74) is 1.93. The van der Waals surface area contributed by atoms with Gasteiger partial charge in [0.1, 0.15) is 0 Å². The first-order valence-electron chi connectivity index (χ1n) is 5.21. The van der Waals surface area contributed by atoms with Crippen molar-refractivity contribution in [1.82, 2.24) is 4.98 Å². The molecular weight excluding hydrogens is 272 g/mol. The summed E-state index contributed by atoms with van der Waals surface area (Å²) in [6, 6.07) is 5.48. The lowest BCUT2D eigenvalue weighted by Gasteiger charge is -2.06. The van der Waals surface area contributed by atoms with Gasteiger partial charge in [-0.1, -0.05) is 17.7 Å².